The van der Waals surface area contributed by atoms with Crippen LogP contribution in [0.4, 0.5) is 0 Å². The fourth-order valence-electron chi connectivity index (χ4n) is 4.64. The van der Waals surface area contributed by atoms with Gasteiger partial charge in [-0.15, -0.1) is 0 Å². The lowest BCUT2D eigenvalue weighted by molar-refractivity contribution is -0.216. The predicted molar refractivity (Wildman–Crippen MR) is 108 cm³/mol. The van der Waals surface area contributed by atoms with E-state index in [1.54, 1.807) is 6.20 Å². The minimum Gasteiger partial charge on any atom is -0.489 e. The number of hydrogen-bond donors (Lipinski definition) is 1. The van der Waals surface area contributed by atoms with Gasteiger partial charge in [0.1, 0.15) is 24.0 Å². The smallest absolute Gasteiger partial charge is 0.283 e. The largest absolute Gasteiger partial charge is 0.489 e. The highest BCUT2D eigenvalue weighted by atomic mass is 16.5. The molecule has 144 valence electrons. The number of nitrogens with zero attached hydrogens (tertiary/aromatic N) is 2. The van der Waals surface area contributed by atoms with E-state index in [-0.39, 0.29) is 17.5 Å². The molecule has 1 saturated heterocycles. The van der Waals surface area contributed by atoms with Crippen LogP contribution in [0.5, 0.6) is 5.75 Å². The molecule has 4 aliphatic rings. The molecule has 5 rings (SSSR count). The van der Waals surface area contributed by atoms with Crippen LogP contribution < -0.4 is 10.5 Å². The van der Waals surface area contributed by atoms with Crippen LogP contribution in [0, 0.1) is 5.41 Å². The third-order valence-electron chi connectivity index (χ3n) is 6.17. The number of rotatable bonds is 2. The third kappa shape index (κ3) is 2.31. The molecule has 4 heterocycles. The number of amidine groups is 1. The Hall–Kier alpha value is -2.86. The van der Waals surface area contributed by atoms with Crippen LogP contribution in [-0.4, -0.2) is 38.2 Å². The van der Waals surface area contributed by atoms with Gasteiger partial charge in [-0.05, 0) is 35.8 Å². The average molecular weight is 377 g/mol. The van der Waals surface area contributed by atoms with E-state index >= 15 is 0 Å². The Bertz CT molecular complexity index is 956. The van der Waals surface area contributed by atoms with Crippen LogP contribution in [-0.2, 0) is 15.0 Å². The van der Waals surface area contributed by atoms with Crippen LogP contribution in [0.2, 0.25) is 0 Å². The first-order valence-electron chi connectivity index (χ1n) is 9.63. The summed E-state index contributed by atoms with van der Waals surface area (Å²) < 4.78 is 17.8. The van der Waals surface area contributed by atoms with Gasteiger partial charge >= 0.3 is 0 Å². The summed E-state index contributed by atoms with van der Waals surface area (Å²) in [5, 5.41) is 0. The Labute approximate surface area is 164 Å². The Balaban J connectivity index is 1.67. The van der Waals surface area contributed by atoms with Gasteiger partial charge in [-0.25, -0.2) is 4.99 Å². The zero-order valence-electron chi connectivity index (χ0n) is 15.8. The molecule has 0 amide bonds. The summed E-state index contributed by atoms with van der Waals surface area (Å²) >= 11 is 0. The van der Waals surface area contributed by atoms with Gasteiger partial charge in [0, 0.05) is 18.0 Å². The second-order valence-electron chi connectivity index (χ2n) is 7.60. The molecule has 28 heavy (non-hydrogen) atoms. The van der Waals surface area contributed by atoms with Gasteiger partial charge in [-0.2, -0.15) is 0 Å². The molecule has 0 aliphatic carbocycles. The maximum Gasteiger partial charge on any atom is 0.283 e. The lowest BCUT2D eigenvalue weighted by atomic mass is 9.59. The molecule has 2 N–H and O–H groups in total. The number of aliphatic imine (C=N–C) groups is 2. The lowest BCUT2D eigenvalue weighted by Crippen LogP contribution is -2.67. The van der Waals surface area contributed by atoms with Crippen molar-refractivity contribution in [1.82, 2.24) is 0 Å². The van der Waals surface area contributed by atoms with Crippen molar-refractivity contribution in [2.75, 3.05) is 19.8 Å². The van der Waals surface area contributed by atoms with Crippen molar-refractivity contribution in [3.8, 4) is 5.75 Å². The second-order valence-corrected chi connectivity index (χ2v) is 7.60. The fraction of sp³-hybridized carbons (Fsp3) is 0.364. The van der Waals surface area contributed by atoms with Crippen LogP contribution in [0.1, 0.15) is 24.5 Å². The summed E-state index contributed by atoms with van der Waals surface area (Å²) in [6.45, 7) is 3.73. The monoisotopic (exact) mass is 377 g/mol. The number of benzene rings is 1. The van der Waals surface area contributed by atoms with Gasteiger partial charge in [0.05, 0.1) is 18.6 Å². The molecular weight excluding hydrogens is 354 g/mol. The molecular formula is C22H23N3O3. The molecule has 0 radical (unpaired) electrons. The summed E-state index contributed by atoms with van der Waals surface area (Å²) in [5.74, 6) is 0.842. The normalized spacial score (nSPS) is 34.5. The molecule has 0 aromatic heterocycles. The lowest BCUT2D eigenvalue weighted by Gasteiger charge is -2.57. The minimum absolute atomic E-state index is 0.00749. The maximum atomic E-state index is 6.42. The fourth-order valence-corrected chi connectivity index (χ4v) is 4.64. The summed E-state index contributed by atoms with van der Waals surface area (Å²) in [6.07, 6.45) is 12.4. The summed E-state index contributed by atoms with van der Waals surface area (Å²) in [6, 6.07) is 6.47. The highest BCUT2D eigenvalue weighted by molar-refractivity contribution is 6.10. The van der Waals surface area contributed by atoms with Gasteiger partial charge in [0.25, 0.3) is 6.02 Å². The molecule has 2 atom stereocenters. The Morgan fingerprint density at radius 3 is 2.79 bits per heavy atom. The molecule has 1 aromatic carbocycles. The van der Waals surface area contributed by atoms with Crippen molar-refractivity contribution in [3.63, 3.8) is 0 Å². The zero-order valence-corrected chi connectivity index (χ0v) is 15.8. The van der Waals surface area contributed by atoms with Crippen molar-refractivity contribution in [2.45, 2.75) is 25.0 Å². The van der Waals surface area contributed by atoms with E-state index in [0.29, 0.717) is 19.8 Å². The highest BCUT2D eigenvalue weighted by Gasteiger charge is 2.67. The molecule has 0 saturated carbocycles. The number of nitrogens with two attached hydrogens (primary N) is 1. The first kappa shape index (κ1) is 17.3. The van der Waals surface area contributed by atoms with E-state index in [2.05, 4.69) is 24.0 Å². The molecule has 2 unspecified atom stereocenters. The molecule has 6 heteroatoms. The van der Waals surface area contributed by atoms with Crippen LogP contribution in [0.3, 0.4) is 0 Å². The first-order chi connectivity index (χ1) is 13.7. The van der Waals surface area contributed by atoms with E-state index in [1.807, 2.05) is 36.6 Å². The summed E-state index contributed by atoms with van der Waals surface area (Å²) in [5.41, 5.74) is 8.23. The van der Waals surface area contributed by atoms with Crippen molar-refractivity contribution in [2.24, 2.45) is 21.1 Å². The topological polar surface area (TPSA) is 78.4 Å². The van der Waals surface area contributed by atoms with Crippen LogP contribution in [0.25, 0.3) is 5.57 Å². The van der Waals surface area contributed by atoms with E-state index in [0.717, 1.165) is 28.9 Å². The number of allylic oxidation sites excluding steroid dienone is 5. The zero-order chi connectivity index (χ0) is 19.2. The third-order valence-corrected chi connectivity index (χ3v) is 6.17. The van der Waals surface area contributed by atoms with Gasteiger partial charge in [-0.3, -0.25) is 4.99 Å². The van der Waals surface area contributed by atoms with E-state index in [1.165, 1.54) is 0 Å². The first-order valence-corrected chi connectivity index (χ1v) is 9.63. The Morgan fingerprint density at radius 1 is 1.18 bits per heavy atom. The summed E-state index contributed by atoms with van der Waals surface area (Å²) in [7, 11) is 0. The second kappa shape index (κ2) is 6.34. The van der Waals surface area contributed by atoms with Crippen molar-refractivity contribution in [3.05, 3.63) is 59.8 Å². The SMILES string of the molecule is CCC1Oc2ccc(C3=C/C=C/C=C/N=C\3)cc2C2(COC(N)=N2)C12COC2. The van der Waals surface area contributed by atoms with Crippen molar-refractivity contribution < 1.29 is 14.2 Å². The molecule has 1 aromatic rings. The standard InChI is InChI=1S/C22H23N3O3/c1-2-19-21(12-26-13-21)22(14-27-20(23)25-22)17-10-15(7-8-18(17)28-19)16-6-4-3-5-9-24-11-16/h3-11,19H,2,12-14H2,1H3,(H2,23,25)/b4-3+,5-3?,6-4?,9-5+,16-6+,16-11?,24-9?,24-11-. The number of ether oxygens (including phenoxy) is 3. The molecule has 1 fully saturated rings. The van der Waals surface area contributed by atoms with Crippen molar-refractivity contribution in [1.29, 1.82) is 0 Å². The van der Waals surface area contributed by atoms with E-state index in [9.17, 15) is 0 Å². The van der Waals surface area contributed by atoms with Gasteiger partial charge < -0.3 is 19.9 Å². The Morgan fingerprint density at radius 2 is 2.07 bits per heavy atom. The van der Waals surface area contributed by atoms with Crippen LogP contribution >= 0.6 is 0 Å². The molecule has 6 nitrogen and oxygen atoms in total. The predicted octanol–water partition coefficient (Wildman–Crippen LogP) is 2.95. The van der Waals surface area contributed by atoms with Crippen molar-refractivity contribution >= 4 is 17.8 Å². The molecule has 2 spiro atoms. The number of hydrogen-bond acceptors (Lipinski definition) is 6. The number of fused-ring (bicyclic) bond motifs is 3. The van der Waals surface area contributed by atoms with Crippen LogP contribution in [0.15, 0.2) is 58.7 Å². The average Bonchev–Trinajstić information content (AvgIpc) is 3.02. The minimum atomic E-state index is -0.589. The van der Waals surface area contributed by atoms with Gasteiger partial charge in [0.2, 0.25) is 0 Å². The molecule has 0 bridgehead atoms. The van der Waals surface area contributed by atoms with Gasteiger partial charge in [-0.1, -0.05) is 31.2 Å². The quantitative estimate of drug-likeness (QED) is 0.859. The van der Waals surface area contributed by atoms with E-state index < -0.39 is 5.54 Å². The summed E-state index contributed by atoms with van der Waals surface area (Å²) in [4.78, 5) is 9.18. The Kier molecular flexibility index (Phi) is 3.91. The van der Waals surface area contributed by atoms with E-state index in [4.69, 9.17) is 24.9 Å². The maximum absolute atomic E-state index is 6.42. The highest BCUT2D eigenvalue weighted by Crippen LogP contribution is 2.59. The van der Waals surface area contributed by atoms with Gasteiger partial charge in [0.15, 0.2) is 0 Å². The molecule has 4 aliphatic heterocycles.